The van der Waals surface area contributed by atoms with E-state index in [4.69, 9.17) is 0 Å². The number of halogens is 4. The lowest BCUT2D eigenvalue weighted by Gasteiger charge is -2.09. The van der Waals surface area contributed by atoms with E-state index in [9.17, 15) is 18.3 Å². The van der Waals surface area contributed by atoms with Crippen LogP contribution in [0.25, 0.3) is 0 Å². The van der Waals surface area contributed by atoms with Gasteiger partial charge in [-0.1, -0.05) is 0 Å². The molecule has 1 atom stereocenters. The fourth-order valence-corrected chi connectivity index (χ4v) is 2.59. The van der Waals surface area contributed by atoms with Crippen molar-refractivity contribution in [3.05, 3.63) is 20.8 Å². The van der Waals surface area contributed by atoms with Crippen molar-refractivity contribution < 1.29 is 18.3 Å². The van der Waals surface area contributed by atoms with Gasteiger partial charge in [0.1, 0.15) is 0 Å². The van der Waals surface area contributed by atoms with Crippen molar-refractivity contribution in [3.8, 4) is 0 Å². The van der Waals surface area contributed by atoms with E-state index in [-0.39, 0.29) is 12.8 Å². The molecule has 0 saturated carbocycles. The molecule has 0 bridgehead atoms. The molecule has 1 unspecified atom stereocenters. The Bertz CT molecular complexity index is 311. The minimum Gasteiger partial charge on any atom is -0.388 e. The Morgan fingerprint density at radius 2 is 2.07 bits per heavy atom. The highest BCUT2D eigenvalue weighted by Crippen LogP contribution is 2.31. The zero-order valence-electron chi connectivity index (χ0n) is 7.72. The van der Waals surface area contributed by atoms with Gasteiger partial charge in [0.25, 0.3) is 0 Å². The third-order valence-electron chi connectivity index (χ3n) is 1.86. The van der Waals surface area contributed by atoms with Gasteiger partial charge >= 0.3 is 6.18 Å². The van der Waals surface area contributed by atoms with Crippen molar-refractivity contribution in [1.82, 2.24) is 0 Å². The summed E-state index contributed by atoms with van der Waals surface area (Å²) in [6.07, 6.45) is -5.65. The molecule has 0 aromatic carbocycles. The number of rotatable bonds is 4. The van der Waals surface area contributed by atoms with Gasteiger partial charge in [0.15, 0.2) is 0 Å². The second-order valence-corrected chi connectivity index (χ2v) is 5.66. The van der Waals surface area contributed by atoms with Crippen LogP contribution in [-0.2, 0) is 0 Å². The van der Waals surface area contributed by atoms with Crippen LogP contribution < -0.4 is 0 Å². The highest BCUT2D eigenvalue weighted by Gasteiger charge is 2.26. The molecule has 6 heteroatoms. The molecule has 0 aliphatic rings. The summed E-state index contributed by atoms with van der Waals surface area (Å²) in [7, 11) is 0. The van der Waals surface area contributed by atoms with E-state index >= 15 is 0 Å². The lowest BCUT2D eigenvalue weighted by molar-refractivity contribution is -0.136. The van der Waals surface area contributed by atoms with Gasteiger partial charge in [0.2, 0.25) is 0 Å². The van der Waals surface area contributed by atoms with Gasteiger partial charge in [0, 0.05) is 11.3 Å². The maximum absolute atomic E-state index is 11.8. The molecule has 15 heavy (non-hydrogen) atoms. The van der Waals surface area contributed by atoms with E-state index in [2.05, 4.69) is 15.9 Å². The van der Waals surface area contributed by atoms with Crippen LogP contribution in [0.1, 0.15) is 30.2 Å². The topological polar surface area (TPSA) is 20.2 Å². The average molecular weight is 303 g/mol. The zero-order chi connectivity index (χ0) is 11.5. The maximum atomic E-state index is 11.8. The minimum absolute atomic E-state index is 0.0415. The smallest absolute Gasteiger partial charge is 0.388 e. The van der Waals surface area contributed by atoms with Crippen LogP contribution >= 0.6 is 27.3 Å². The fourth-order valence-electron chi connectivity index (χ4n) is 1.15. The van der Waals surface area contributed by atoms with E-state index in [1.54, 1.807) is 12.1 Å². The minimum atomic E-state index is -4.13. The fraction of sp³-hybridized carbons (Fsp3) is 0.556. The second kappa shape index (κ2) is 5.32. The molecule has 1 heterocycles. The number of aliphatic hydroxyl groups is 1. The number of thiophene rings is 1. The lowest BCUT2D eigenvalue weighted by atomic mass is 10.1. The van der Waals surface area contributed by atoms with E-state index < -0.39 is 18.7 Å². The molecule has 0 amide bonds. The molecule has 0 aliphatic heterocycles. The van der Waals surface area contributed by atoms with Crippen LogP contribution in [0.2, 0.25) is 0 Å². The Balaban J connectivity index is 2.34. The maximum Gasteiger partial charge on any atom is 0.389 e. The second-order valence-electron chi connectivity index (χ2n) is 3.17. The number of alkyl halides is 3. The Hall–Kier alpha value is -0.0700. The molecule has 1 aromatic rings. The van der Waals surface area contributed by atoms with Crippen molar-refractivity contribution >= 4 is 27.3 Å². The first-order valence-electron chi connectivity index (χ1n) is 4.38. The summed E-state index contributed by atoms with van der Waals surface area (Å²) in [4.78, 5) is 0.698. The van der Waals surface area contributed by atoms with Gasteiger partial charge in [-0.05, 0) is 40.9 Å². The van der Waals surface area contributed by atoms with Crippen molar-refractivity contribution in [2.24, 2.45) is 0 Å². The van der Waals surface area contributed by atoms with E-state index in [1.807, 2.05) is 0 Å². The molecule has 86 valence electrons. The Kier molecular flexibility index (Phi) is 4.61. The number of hydrogen-bond donors (Lipinski definition) is 1. The van der Waals surface area contributed by atoms with Gasteiger partial charge in [-0.25, -0.2) is 0 Å². The first-order valence-corrected chi connectivity index (χ1v) is 5.99. The molecule has 1 rings (SSSR count). The Labute approximate surface area is 98.1 Å². The summed E-state index contributed by atoms with van der Waals surface area (Å²) in [6, 6.07) is 3.49. The van der Waals surface area contributed by atoms with E-state index in [0.29, 0.717) is 4.88 Å². The molecule has 1 nitrogen and oxygen atoms in total. The quantitative estimate of drug-likeness (QED) is 0.880. The highest BCUT2D eigenvalue weighted by atomic mass is 79.9. The van der Waals surface area contributed by atoms with Crippen LogP contribution in [0.3, 0.4) is 0 Å². The molecule has 0 saturated heterocycles. The first-order chi connectivity index (χ1) is 6.88. The van der Waals surface area contributed by atoms with E-state index in [0.717, 1.165) is 3.79 Å². The monoisotopic (exact) mass is 302 g/mol. The summed E-state index contributed by atoms with van der Waals surface area (Å²) < 4.78 is 36.3. The van der Waals surface area contributed by atoms with Crippen LogP contribution in [0.4, 0.5) is 13.2 Å². The van der Waals surface area contributed by atoms with Crippen molar-refractivity contribution in [2.45, 2.75) is 31.5 Å². The SMILES string of the molecule is OC(CCCC(F)(F)F)c1ccc(Br)s1. The Morgan fingerprint density at radius 3 is 2.53 bits per heavy atom. The summed E-state index contributed by atoms with van der Waals surface area (Å²) >= 11 is 4.57. The molecule has 1 N–H and O–H groups in total. The predicted molar refractivity (Wildman–Crippen MR) is 56.9 cm³/mol. The molecule has 0 spiro atoms. The summed E-state index contributed by atoms with van der Waals surface area (Å²) in [6.45, 7) is 0. The van der Waals surface area contributed by atoms with Crippen molar-refractivity contribution in [3.63, 3.8) is 0 Å². The van der Waals surface area contributed by atoms with Crippen molar-refractivity contribution in [2.75, 3.05) is 0 Å². The van der Waals surface area contributed by atoms with E-state index in [1.165, 1.54) is 11.3 Å². The molecule has 0 radical (unpaired) electrons. The molecule has 0 fully saturated rings. The normalized spacial score (nSPS) is 14.2. The standard InChI is InChI=1S/C9H10BrF3OS/c10-8-4-3-7(15-8)6(14)2-1-5-9(11,12)13/h3-4,6,14H,1-2,5H2. The highest BCUT2D eigenvalue weighted by molar-refractivity contribution is 9.11. The molecular formula is C9H10BrF3OS. The van der Waals surface area contributed by atoms with Crippen molar-refractivity contribution in [1.29, 1.82) is 0 Å². The first kappa shape index (κ1) is 13.0. The van der Waals surface area contributed by atoms with Gasteiger partial charge in [-0.3, -0.25) is 0 Å². The third-order valence-corrected chi connectivity index (χ3v) is 3.59. The zero-order valence-corrected chi connectivity index (χ0v) is 10.1. The number of aliphatic hydroxyl groups excluding tert-OH is 1. The molecule has 1 aromatic heterocycles. The third kappa shape index (κ3) is 4.99. The lowest BCUT2D eigenvalue weighted by Crippen LogP contribution is -2.07. The summed E-state index contributed by atoms with van der Waals surface area (Å²) in [5.41, 5.74) is 0. The molecule has 0 aliphatic carbocycles. The van der Waals surface area contributed by atoms with Gasteiger partial charge in [-0.15, -0.1) is 11.3 Å². The van der Waals surface area contributed by atoms with Crippen LogP contribution in [0.15, 0.2) is 15.9 Å². The van der Waals surface area contributed by atoms with Crippen LogP contribution in [0, 0.1) is 0 Å². The largest absolute Gasteiger partial charge is 0.389 e. The number of hydrogen-bond acceptors (Lipinski definition) is 2. The van der Waals surface area contributed by atoms with Gasteiger partial charge in [0.05, 0.1) is 9.89 Å². The average Bonchev–Trinajstić information content (AvgIpc) is 2.49. The molecular weight excluding hydrogens is 293 g/mol. The van der Waals surface area contributed by atoms with Gasteiger partial charge in [-0.2, -0.15) is 13.2 Å². The summed E-state index contributed by atoms with van der Waals surface area (Å²) in [5, 5.41) is 9.55. The predicted octanol–water partition coefficient (Wildman–Crippen LogP) is 4.28. The summed E-state index contributed by atoms with van der Waals surface area (Å²) in [5.74, 6) is 0. The Morgan fingerprint density at radius 1 is 1.40 bits per heavy atom. The van der Waals surface area contributed by atoms with Crippen LogP contribution in [-0.4, -0.2) is 11.3 Å². The van der Waals surface area contributed by atoms with Gasteiger partial charge < -0.3 is 5.11 Å². The van der Waals surface area contributed by atoms with Crippen LogP contribution in [0.5, 0.6) is 0 Å².